The van der Waals surface area contributed by atoms with E-state index in [4.69, 9.17) is 9.47 Å². The Bertz CT molecular complexity index is 1550. The Morgan fingerprint density at radius 1 is 1.18 bits per heavy atom. The monoisotopic (exact) mass is 558 g/mol. The molecule has 0 spiro atoms. The van der Waals surface area contributed by atoms with Crippen molar-refractivity contribution in [3.8, 4) is 21.9 Å². The number of amides is 1. The molecule has 1 aliphatic rings. The van der Waals surface area contributed by atoms with Gasteiger partial charge in [-0.05, 0) is 61.6 Å². The van der Waals surface area contributed by atoms with Gasteiger partial charge in [0.25, 0.3) is 0 Å². The lowest BCUT2D eigenvalue weighted by Crippen LogP contribution is -2.41. The second-order valence-corrected chi connectivity index (χ2v) is 11.4. The largest absolute Gasteiger partial charge is 0.493 e. The third kappa shape index (κ3) is 5.66. The molecule has 8 nitrogen and oxygen atoms in total. The highest BCUT2D eigenvalue weighted by atomic mass is 32.1. The Kier molecular flexibility index (Phi) is 7.78. The van der Waals surface area contributed by atoms with E-state index in [9.17, 15) is 9.90 Å². The maximum Gasteiger partial charge on any atom is 0.245 e. The van der Waals surface area contributed by atoms with Crippen LogP contribution in [0.1, 0.15) is 37.8 Å². The fraction of sp³-hybridized carbons (Fsp3) is 0.323. The molecule has 208 valence electrons. The fourth-order valence-corrected chi connectivity index (χ4v) is 5.96. The maximum absolute atomic E-state index is 12.0. The summed E-state index contributed by atoms with van der Waals surface area (Å²) in [6, 6.07) is 11.9. The third-order valence-electron chi connectivity index (χ3n) is 7.20. The van der Waals surface area contributed by atoms with Gasteiger partial charge in [0, 0.05) is 53.5 Å². The Morgan fingerprint density at radius 3 is 2.60 bits per heavy atom. The van der Waals surface area contributed by atoms with Crippen molar-refractivity contribution in [1.82, 2.24) is 14.9 Å². The number of likely N-dealkylation sites (tertiary alicyclic amines) is 1. The number of aromatic nitrogens is 2. The smallest absolute Gasteiger partial charge is 0.245 e. The Morgan fingerprint density at radius 2 is 1.95 bits per heavy atom. The number of ether oxygens (including phenoxy) is 2. The summed E-state index contributed by atoms with van der Waals surface area (Å²) in [7, 11) is 1.60. The van der Waals surface area contributed by atoms with Crippen LogP contribution in [0.5, 0.6) is 11.5 Å². The van der Waals surface area contributed by atoms with Crippen molar-refractivity contribution in [2.75, 3.05) is 25.5 Å². The number of carbonyl (C=O) groups is 1. The molecule has 0 saturated carbocycles. The molecule has 1 aliphatic heterocycles. The summed E-state index contributed by atoms with van der Waals surface area (Å²) in [5.41, 5.74) is 3.40. The number of hydrogen-bond acceptors (Lipinski definition) is 8. The molecule has 2 aromatic heterocycles. The molecule has 0 radical (unpaired) electrons. The van der Waals surface area contributed by atoms with Crippen molar-refractivity contribution in [3.05, 3.63) is 71.9 Å². The van der Waals surface area contributed by atoms with E-state index in [0.717, 1.165) is 22.2 Å². The third-order valence-corrected chi connectivity index (χ3v) is 8.26. The number of nitrogens with one attached hydrogen (secondary N) is 1. The van der Waals surface area contributed by atoms with Crippen molar-refractivity contribution in [2.24, 2.45) is 0 Å². The van der Waals surface area contributed by atoms with Crippen molar-refractivity contribution in [3.63, 3.8) is 0 Å². The van der Waals surface area contributed by atoms with Gasteiger partial charge >= 0.3 is 0 Å². The van der Waals surface area contributed by atoms with Crippen molar-refractivity contribution in [1.29, 1.82) is 0 Å². The second-order valence-electron chi connectivity index (χ2n) is 10.5. The topological polar surface area (TPSA) is 96.8 Å². The number of anilines is 2. The first-order valence-corrected chi connectivity index (χ1v) is 14.1. The van der Waals surface area contributed by atoms with Crippen LogP contribution in [0.25, 0.3) is 21.3 Å². The summed E-state index contributed by atoms with van der Waals surface area (Å²) in [6.45, 7) is 10.4. The van der Waals surface area contributed by atoms with Gasteiger partial charge in [0.15, 0.2) is 11.5 Å². The van der Waals surface area contributed by atoms with Gasteiger partial charge in [0.05, 0.1) is 18.2 Å². The predicted octanol–water partition coefficient (Wildman–Crippen LogP) is 6.20. The summed E-state index contributed by atoms with van der Waals surface area (Å²) < 4.78 is 12.0. The average Bonchev–Trinajstić information content (AvgIpc) is 3.38. The number of thiophene rings is 1. The Balaban J connectivity index is 1.50. The molecular weight excluding hydrogens is 524 g/mol. The highest BCUT2D eigenvalue weighted by Gasteiger charge is 2.25. The number of methoxy groups -OCH3 is 1. The standard InChI is InChI=1S/C31H34N4O4S/c1-6-28(36)35-12-9-21(10-13-35)39-27-16-22-24(17-26(27)38-5)32-18-33-30(22)34-25-15-20(29-19(2)11-14-40-29)7-8-23(25)31(3,4)37/h6-8,11,14-18,21,37H,1,9-10,12-13H2,2-5H3,(H,32,33,34). The molecule has 1 fully saturated rings. The molecule has 40 heavy (non-hydrogen) atoms. The average molecular weight is 559 g/mol. The van der Waals surface area contributed by atoms with Gasteiger partial charge in [-0.2, -0.15) is 0 Å². The fourth-order valence-electron chi connectivity index (χ4n) is 5.04. The van der Waals surface area contributed by atoms with Crippen LogP contribution in [0.4, 0.5) is 11.5 Å². The van der Waals surface area contributed by atoms with Gasteiger partial charge in [-0.1, -0.05) is 18.7 Å². The summed E-state index contributed by atoms with van der Waals surface area (Å²) in [4.78, 5) is 24.0. The van der Waals surface area contributed by atoms with Crippen LogP contribution in [0.2, 0.25) is 0 Å². The second kappa shape index (κ2) is 11.3. The number of benzene rings is 2. The van der Waals surface area contributed by atoms with Gasteiger partial charge in [-0.15, -0.1) is 11.3 Å². The van der Waals surface area contributed by atoms with Crippen LogP contribution in [-0.2, 0) is 10.4 Å². The summed E-state index contributed by atoms with van der Waals surface area (Å²) >= 11 is 1.69. The van der Waals surface area contributed by atoms with Gasteiger partial charge in [-0.25, -0.2) is 9.97 Å². The van der Waals surface area contributed by atoms with Gasteiger partial charge in [0.1, 0.15) is 18.2 Å². The lowest BCUT2D eigenvalue weighted by atomic mass is 9.94. The minimum atomic E-state index is -1.08. The van der Waals surface area contributed by atoms with E-state index in [0.29, 0.717) is 48.8 Å². The molecule has 2 N–H and O–H groups in total. The van der Waals surface area contributed by atoms with Crippen molar-refractivity contribution in [2.45, 2.75) is 45.3 Å². The molecule has 9 heteroatoms. The highest BCUT2D eigenvalue weighted by molar-refractivity contribution is 7.13. The molecule has 0 unspecified atom stereocenters. The van der Waals surface area contributed by atoms with E-state index in [1.807, 2.05) is 24.3 Å². The number of piperidine rings is 1. The molecule has 3 heterocycles. The first-order valence-electron chi connectivity index (χ1n) is 13.3. The number of fused-ring (bicyclic) bond motifs is 1. The van der Waals surface area contributed by atoms with E-state index in [1.165, 1.54) is 22.8 Å². The number of aryl methyl sites for hydroxylation is 1. The lowest BCUT2D eigenvalue weighted by Gasteiger charge is -2.31. The number of hydrogen-bond donors (Lipinski definition) is 2. The van der Waals surface area contributed by atoms with Crippen LogP contribution < -0.4 is 14.8 Å². The van der Waals surface area contributed by atoms with E-state index in [1.54, 1.807) is 37.2 Å². The zero-order valence-electron chi connectivity index (χ0n) is 23.2. The predicted molar refractivity (Wildman–Crippen MR) is 160 cm³/mol. The number of rotatable bonds is 8. The molecular formula is C31H34N4O4S. The quantitative estimate of drug-likeness (QED) is 0.249. The van der Waals surface area contributed by atoms with Crippen LogP contribution in [0.15, 0.2) is 60.8 Å². The van der Waals surface area contributed by atoms with Gasteiger partial charge < -0.3 is 24.8 Å². The Labute approximate surface area is 238 Å². The lowest BCUT2D eigenvalue weighted by molar-refractivity contribution is -0.127. The van der Waals surface area contributed by atoms with Crippen molar-refractivity contribution >= 4 is 39.7 Å². The van der Waals surface area contributed by atoms with Crippen molar-refractivity contribution < 1.29 is 19.4 Å². The minimum Gasteiger partial charge on any atom is -0.493 e. The molecule has 1 amide bonds. The number of carbonyl (C=O) groups excluding carboxylic acids is 1. The highest BCUT2D eigenvalue weighted by Crippen LogP contribution is 2.39. The SMILES string of the molecule is C=CC(=O)N1CCC(Oc2cc3c(Nc4cc(-c5sccc5C)ccc4C(C)(C)O)ncnc3cc2OC)CC1. The normalized spacial score (nSPS) is 14.3. The molecule has 0 bridgehead atoms. The van der Waals surface area contributed by atoms with Crippen LogP contribution in [0.3, 0.4) is 0 Å². The first kappa shape index (κ1) is 27.6. The van der Waals surface area contributed by atoms with E-state index in [-0.39, 0.29) is 12.0 Å². The summed E-state index contributed by atoms with van der Waals surface area (Å²) in [5.74, 6) is 1.70. The van der Waals surface area contributed by atoms with E-state index < -0.39 is 5.60 Å². The molecule has 0 atom stereocenters. The summed E-state index contributed by atoms with van der Waals surface area (Å²) in [5, 5.41) is 17.3. The zero-order valence-corrected chi connectivity index (χ0v) is 24.0. The van der Waals surface area contributed by atoms with Crippen LogP contribution >= 0.6 is 11.3 Å². The van der Waals surface area contributed by atoms with Crippen LogP contribution in [-0.4, -0.2) is 52.2 Å². The first-order chi connectivity index (χ1) is 19.2. The number of nitrogens with zero attached hydrogens (tertiary/aromatic N) is 3. The molecule has 0 aliphatic carbocycles. The molecule has 2 aromatic carbocycles. The molecule has 4 aromatic rings. The maximum atomic E-state index is 12.0. The minimum absolute atomic E-state index is 0.0571. The molecule has 1 saturated heterocycles. The van der Waals surface area contributed by atoms with Crippen LogP contribution in [0, 0.1) is 6.92 Å². The zero-order chi connectivity index (χ0) is 28.4. The Hall–Kier alpha value is -3.95. The number of aliphatic hydroxyl groups is 1. The van der Waals surface area contributed by atoms with E-state index in [2.05, 4.69) is 46.3 Å². The van der Waals surface area contributed by atoms with Gasteiger partial charge in [0.2, 0.25) is 5.91 Å². The summed E-state index contributed by atoms with van der Waals surface area (Å²) in [6.07, 6.45) is 4.22. The van der Waals surface area contributed by atoms with Gasteiger partial charge in [-0.3, -0.25) is 4.79 Å². The molecule has 5 rings (SSSR count). The van der Waals surface area contributed by atoms with E-state index >= 15 is 0 Å².